The molecule has 1 aromatic heterocycles. The second-order valence-electron chi connectivity index (χ2n) is 7.70. The van der Waals surface area contributed by atoms with Gasteiger partial charge in [0.15, 0.2) is 5.82 Å². The average molecular weight is 450 g/mol. The molecule has 1 saturated heterocycles. The van der Waals surface area contributed by atoms with Crippen molar-refractivity contribution in [3.05, 3.63) is 40.4 Å². The fraction of sp³-hybridized carbons (Fsp3) is 0.476. The van der Waals surface area contributed by atoms with Crippen LogP contribution in [-0.2, 0) is 6.42 Å². The predicted octanol–water partition coefficient (Wildman–Crippen LogP) is 2.45. The highest BCUT2D eigenvalue weighted by Crippen LogP contribution is 2.38. The van der Waals surface area contributed by atoms with E-state index in [2.05, 4.69) is 20.2 Å². The van der Waals surface area contributed by atoms with Gasteiger partial charge in [0.25, 0.3) is 5.91 Å². The van der Waals surface area contributed by atoms with E-state index >= 15 is 0 Å². The molecular formula is C21H25ClFN5O3. The molecule has 2 aliphatic heterocycles. The Kier molecular flexibility index (Phi) is 6.72. The maximum atomic E-state index is 12.8. The molecule has 10 heteroatoms. The Morgan fingerprint density at radius 3 is 2.84 bits per heavy atom. The van der Waals surface area contributed by atoms with E-state index < -0.39 is 5.82 Å². The van der Waals surface area contributed by atoms with Crippen LogP contribution < -0.4 is 20.5 Å². The number of amides is 1. The van der Waals surface area contributed by atoms with Gasteiger partial charge in [-0.2, -0.15) is 0 Å². The number of benzene rings is 1. The van der Waals surface area contributed by atoms with Crippen molar-refractivity contribution in [1.82, 2.24) is 20.2 Å². The predicted molar refractivity (Wildman–Crippen MR) is 114 cm³/mol. The molecule has 3 heterocycles. The lowest BCUT2D eigenvalue weighted by Gasteiger charge is -2.32. The monoisotopic (exact) mass is 449 g/mol. The van der Waals surface area contributed by atoms with Crippen LogP contribution in [0.1, 0.15) is 35.2 Å². The Morgan fingerprint density at radius 1 is 1.35 bits per heavy atom. The molecule has 0 saturated carbocycles. The lowest BCUT2D eigenvalue weighted by atomic mass is 10.0. The van der Waals surface area contributed by atoms with Crippen LogP contribution in [-0.4, -0.2) is 59.7 Å². The second-order valence-corrected chi connectivity index (χ2v) is 8.11. The summed E-state index contributed by atoms with van der Waals surface area (Å²) in [5.74, 6) is -0.105. The second kappa shape index (κ2) is 9.65. The molecule has 0 bridgehead atoms. The third-order valence-electron chi connectivity index (χ3n) is 5.58. The summed E-state index contributed by atoms with van der Waals surface area (Å²) in [6, 6.07) is 1.87. The zero-order valence-electron chi connectivity index (χ0n) is 17.1. The van der Waals surface area contributed by atoms with Gasteiger partial charge in [-0.25, -0.2) is 14.4 Å². The van der Waals surface area contributed by atoms with Crippen molar-refractivity contribution < 1.29 is 18.7 Å². The number of ether oxygens (including phenoxy) is 2. The summed E-state index contributed by atoms with van der Waals surface area (Å²) in [5, 5.41) is 3.50. The van der Waals surface area contributed by atoms with Gasteiger partial charge in [0.2, 0.25) is 0 Å². The lowest BCUT2D eigenvalue weighted by molar-refractivity contribution is 0.0906. The number of nitrogen functional groups attached to an aromatic ring is 1. The SMILES string of the molecule is Nc1c(Cl)cc(C(=O)NC2CCN(CCCOc3ncc(F)cn3)CC2)c2c1CCO2. The van der Waals surface area contributed by atoms with Crippen LogP contribution in [0.3, 0.4) is 0 Å². The van der Waals surface area contributed by atoms with E-state index in [4.69, 9.17) is 26.8 Å². The van der Waals surface area contributed by atoms with Gasteiger partial charge >= 0.3 is 6.01 Å². The molecule has 3 N–H and O–H groups in total. The average Bonchev–Trinajstić information content (AvgIpc) is 3.26. The summed E-state index contributed by atoms with van der Waals surface area (Å²) in [5.41, 5.74) is 7.78. The number of hydrogen-bond acceptors (Lipinski definition) is 7. The van der Waals surface area contributed by atoms with E-state index in [0.717, 1.165) is 56.9 Å². The zero-order valence-corrected chi connectivity index (χ0v) is 17.8. The summed E-state index contributed by atoms with van der Waals surface area (Å²) >= 11 is 6.21. The number of hydrogen-bond donors (Lipinski definition) is 2. The Morgan fingerprint density at radius 2 is 2.10 bits per heavy atom. The smallest absolute Gasteiger partial charge is 0.316 e. The Bertz CT molecular complexity index is 936. The molecule has 31 heavy (non-hydrogen) atoms. The highest BCUT2D eigenvalue weighted by atomic mass is 35.5. The Balaban J connectivity index is 1.21. The number of likely N-dealkylation sites (tertiary alicyclic amines) is 1. The first-order valence-corrected chi connectivity index (χ1v) is 10.8. The van der Waals surface area contributed by atoms with Gasteiger partial charge in [-0.05, 0) is 25.3 Å². The van der Waals surface area contributed by atoms with Crippen molar-refractivity contribution in [1.29, 1.82) is 0 Å². The molecule has 1 amide bonds. The molecule has 0 atom stereocenters. The fourth-order valence-corrected chi connectivity index (χ4v) is 4.15. The van der Waals surface area contributed by atoms with Crippen LogP contribution in [0.15, 0.2) is 18.5 Å². The number of carbonyl (C=O) groups is 1. The van der Waals surface area contributed by atoms with Crippen molar-refractivity contribution in [3.8, 4) is 11.8 Å². The van der Waals surface area contributed by atoms with Crippen LogP contribution in [0.5, 0.6) is 11.8 Å². The van der Waals surface area contributed by atoms with Crippen LogP contribution >= 0.6 is 11.6 Å². The first kappa shape index (κ1) is 21.6. The van der Waals surface area contributed by atoms with Gasteiger partial charge in [-0.3, -0.25) is 4.79 Å². The number of piperidine rings is 1. The largest absolute Gasteiger partial charge is 0.492 e. The quantitative estimate of drug-likeness (QED) is 0.494. The van der Waals surface area contributed by atoms with Crippen LogP contribution in [0.2, 0.25) is 5.02 Å². The summed E-state index contributed by atoms with van der Waals surface area (Å²) in [6.07, 6.45) is 5.36. The number of nitrogens with zero attached hydrogens (tertiary/aromatic N) is 3. The Labute approximate surface area is 184 Å². The molecule has 2 aliphatic rings. The van der Waals surface area contributed by atoms with Gasteiger partial charge in [-0.1, -0.05) is 11.6 Å². The minimum absolute atomic E-state index is 0.0981. The highest BCUT2D eigenvalue weighted by Gasteiger charge is 2.27. The number of fused-ring (bicyclic) bond motifs is 1. The first-order valence-electron chi connectivity index (χ1n) is 10.4. The molecule has 0 spiro atoms. The number of carbonyl (C=O) groups excluding carboxylic acids is 1. The fourth-order valence-electron chi connectivity index (χ4n) is 3.93. The number of aromatic nitrogens is 2. The minimum atomic E-state index is -0.487. The number of halogens is 2. The molecular weight excluding hydrogens is 425 g/mol. The third-order valence-corrected chi connectivity index (χ3v) is 5.90. The van der Waals surface area contributed by atoms with Crippen LogP contribution in [0.4, 0.5) is 10.1 Å². The third kappa shape index (κ3) is 5.16. The summed E-state index contributed by atoms with van der Waals surface area (Å²) in [7, 11) is 0. The zero-order chi connectivity index (χ0) is 21.8. The molecule has 1 fully saturated rings. The highest BCUT2D eigenvalue weighted by molar-refractivity contribution is 6.33. The van der Waals surface area contributed by atoms with Crippen molar-refractivity contribution in [3.63, 3.8) is 0 Å². The number of nitrogens with one attached hydrogen (secondary N) is 1. The molecule has 8 nitrogen and oxygen atoms in total. The van der Waals surface area contributed by atoms with Gasteiger partial charge < -0.3 is 25.4 Å². The van der Waals surface area contributed by atoms with E-state index in [1.807, 2.05) is 0 Å². The molecule has 4 rings (SSSR count). The standard InChI is InChI=1S/C21H25ClFN5O3/c22-17-10-16(19-15(18(17)24)4-9-30-19)20(29)27-14-2-6-28(7-3-14)5-1-8-31-21-25-11-13(23)12-26-21/h10-12,14H,1-9,24H2,(H,27,29). The van der Waals surface area contributed by atoms with Crippen LogP contribution in [0.25, 0.3) is 0 Å². The van der Waals surface area contributed by atoms with E-state index in [1.165, 1.54) is 0 Å². The van der Waals surface area contributed by atoms with Gasteiger partial charge in [-0.15, -0.1) is 0 Å². The summed E-state index contributed by atoms with van der Waals surface area (Å²) in [6.45, 7) is 3.61. The number of nitrogens with two attached hydrogens (primary N) is 1. The molecule has 0 unspecified atom stereocenters. The van der Waals surface area contributed by atoms with Crippen molar-refractivity contribution in [2.75, 3.05) is 38.6 Å². The van der Waals surface area contributed by atoms with Gasteiger partial charge in [0, 0.05) is 37.7 Å². The van der Waals surface area contributed by atoms with Crippen molar-refractivity contribution in [2.24, 2.45) is 0 Å². The Hall–Kier alpha value is -2.65. The summed E-state index contributed by atoms with van der Waals surface area (Å²) < 4.78 is 23.9. The van der Waals surface area contributed by atoms with Crippen molar-refractivity contribution in [2.45, 2.75) is 31.7 Å². The minimum Gasteiger partial charge on any atom is -0.492 e. The number of anilines is 1. The van der Waals surface area contributed by atoms with E-state index in [0.29, 0.717) is 41.7 Å². The van der Waals surface area contributed by atoms with E-state index in [1.54, 1.807) is 6.07 Å². The molecule has 166 valence electrons. The number of rotatable bonds is 7. The topological polar surface area (TPSA) is 103 Å². The first-order chi connectivity index (χ1) is 15.0. The lowest BCUT2D eigenvalue weighted by Crippen LogP contribution is -2.45. The van der Waals surface area contributed by atoms with E-state index in [9.17, 15) is 9.18 Å². The molecule has 1 aromatic carbocycles. The van der Waals surface area contributed by atoms with Gasteiger partial charge in [0.1, 0.15) is 5.75 Å². The molecule has 2 aromatic rings. The molecule has 0 radical (unpaired) electrons. The molecule has 0 aliphatic carbocycles. The van der Waals surface area contributed by atoms with E-state index in [-0.39, 0.29) is 18.0 Å². The normalized spacial score (nSPS) is 16.6. The maximum Gasteiger partial charge on any atom is 0.316 e. The van der Waals surface area contributed by atoms with Gasteiger partial charge in [0.05, 0.1) is 41.9 Å². The van der Waals surface area contributed by atoms with Crippen LogP contribution in [0, 0.1) is 5.82 Å². The van der Waals surface area contributed by atoms with Crippen molar-refractivity contribution >= 4 is 23.2 Å². The summed E-state index contributed by atoms with van der Waals surface area (Å²) in [4.78, 5) is 22.7. The maximum absolute atomic E-state index is 12.8.